The molecule has 0 saturated carbocycles. The Bertz CT molecular complexity index is 1480. The van der Waals surface area contributed by atoms with Crippen molar-refractivity contribution < 1.29 is 18.0 Å². The fourth-order valence-electron chi connectivity index (χ4n) is 3.70. The van der Waals surface area contributed by atoms with E-state index in [4.69, 9.17) is 5.14 Å². The number of carbonyl (C=O) groups excluding carboxylic acids is 2. The summed E-state index contributed by atoms with van der Waals surface area (Å²) in [4.78, 5) is 27.0. The maximum Gasteiger partial charge on any atom is 0.266 e. The van der Waals surface area contributed by atoms with E-state index in [0.717, 1.165) is 10.5 Å². The summed E-state index contributed by atoms with van der Waals surface area (Å²) in [5, 5.41) is 15.6. The molecule has 3 N–H and O–H groups in total. The van der Waals surface area contributed by atoms with Crippen molar-refractivity contribution >= 4 is 27.5 Å². The first-order valence-corrected chi connectivity index (χ1v) is 11.0. The number of sulfonamides is 1. The molecule has 1 aromatic heterocycles. The normalized spacial score (nSPS) is 13.5. The van der Waals surface area contributed by atoms with Gasteiger partial charge in [-0.3, -0.25) is 14.7 Å². The zero-order chi connectivity index (χ0) is 22.5. The van der Waals surface area contributed by atoms with Gasteiger partial charge < -0.3 is 0 Å². The second-order valence-corrected chi connectivity index (χ2v) is 8.69. The molecule has 0 atom stereocenters. The molecule has 2 amide bonds. The molecule has 0 bridgehead atoms. The molecule has 2 heterocycles. The van der Waals surface area contributed by atoms with Crippen LogP contribution in [0.15, 0.2) is 77.8 Å². The van der Waals surface area contributed by atoms with E-state index in [2.05, 4.69) is 15.4 Å². The zero-order valence-electron chi connectivity index (χ0n) is 16.4. The largest absolute Gasteiger partial charge is 0.268 e. The molecule has 0 fully saturated rings. The van der Waals surface area contributed by atoms with Crippen LogP contribution in [0.3, 0.4) is 0 Å². The first kappa shape index (κ1) is 19.8. The van der Waals surface area contributed by atoms with E-state index >= 15 is 0 Å². The predicted molar refractivity (Wildman–Crippen MR) is 116 cm³/mol. The highest BCUT2D eigenvalue weighted by Gasteiger charge is 2.39. The number of H-pyrrole nitrogens is 1. The Morgan fingerprint density at radius 3 is 2.22 bits per heavy atom. The Morgan fingerprint density at radius 2 is 1.53 bits per heavy atom. The Kier molecular flexibility index (Phi) is 4.47. The number of nitrogens with zero attached hydrogens (tertiary/aromatic N) is 3. The molecule has 0 saturated heterocycles. The molecule has 1 aliphatic rings. The lowest BCUT2D eigenvalue weighted by Gasteiger charge is -2.18. The van der Waals surface area contributed by atoms with Crippen LogP contribution < -0.4 is 10.0 Å². The molecule has 0 spiro atoms. The van der Waals surface area contributed by atoms with Gasteiger partial charge in [0.15, 0.2) is 0 Å². The monoisotopic (exact) mass is 445 g/mol. The van der Waals surface area contributed by atoms with Gasteiger partial charge >= 0.3 is 0 Å². The number of nitrogens with one attached hydrogen (secondary N) is 1. The number of primary sulfonamides is 1. The molecule has 0 radical (unpaired) electrons. The molecule has 32 heavy (non-hydrogen) atoms. The van der Waals surface area contributed by atoms with Crippen LogP contribution in [0, 0.1) is 0 Å². The van der Waals surface area contributed by atoms with Gasteiger partial charge in [0.25, 0.3) is 11.8 Å². The van der Waals surface area contributed by atoms with Gasteiger partial charge in [-0.25, -0.2) is 18.5 Å². The molecule has 0 aliphatic carbocycles. The van der Waals surface area contributed by atoms with Gasteiger partial charge in [-0.1, -0.05) is 47.7 Å². The average molecular weight is 445 g/mol. The van der Waals surface area contributed by atoms with Crippen molar-refractivity contribution in [2.45, 2.75) is 4.90 Å². The second kappa shape index (κ2) is 7.22. The van der Waals surface area contributed by atoms with Crippen LogP contribution in [0.1, 0.15) is 20.7 Å². The summed E-state index contributed by atoms with van der Waals surface area (Å²) in [6, 6.07) is 18.2. The zero-order valence-corrected chi connectivity index (χ0v) is 17.2. The third-order valence-electron chi connectivity index (χ3n) is 5.21. The number of anilines is 1. The van der Waals surface area contributed by atoms with Gasteiger partial charge in [0, 0.05) is 11.8 Å². The first-order chi connectivity index (χ1) is 15.3. The Balaban J connectivity index is 1.66. The highest BCUT2D eigenvalue weighted by molar-refractivity contribution is 7.89. The minimum Gasteiger partial charge on any atom is -0.268 e. The van der Waals surface area contributed by atoms with E-state index < -0.39 is 21.8 Å². The molecular weight excluding hydrogens is 430 g/mol. The highest BCUT2D eigenvalue weighted by atomic mass is 32.2. The lowest BCUT2D eigenvalue weighted by Crippen LogP contribution is -2.31. The SMILES string of the molecule is NS(=O)(=O)c1ccc(-c2ccccc2)cc1N1C(=O)c2ccc(-c3c[nH]nn3)cc2C1=O. The summed E-state index contributed by atoms with van der Waals surface area (Å²) < 4.78 is 24.5. The van der Waals surface area contributed by atoms with Crippen molar-refractivity contribution in [3.8, 4) is 22.4 Å². The Hall–Kier alpha value is -4.15. The van der Waals surface area contributed by atoms with Gasteiger partial charge in [0.2, 0.25) is 10.0 Å². The van der Waals surface area contributed by atoms with Crippen molar-refractivity contribution in [3.63, 3.8) is 0 Å². The quantitative estimate of drug-likeness (QED) is 0.463. The van der Waals surface area contributed by atoms with E-state index in [-0.39, 0.29) is 21.7 Å². The summed E-state index contributed by atoms with van der Waals surface area (Å²) >= 11 is 0. The lowest BCUT2D eigenvalue weighted by molar-refractivity contribution is 0.0925. The minimum atomic E-state index is -4.22. The number of aromatic nitrogens is 3. The van der Waals surface area contributed by atoms with Crippen molar-refractivity contribution in [1.29, 1.82) is 0 Å². The summed E-state index contributed by atoms with van der Waals surface area (Å²) in [6.07, 6.45) is 1.56. The van der Waals surface area contributed by atoms with Crippen LogP contribution >= 0.6 is 0 Å². The number of benzene rings is 3. The van der Waals surface area contributed by atoms with Gasteiger partial charge in [-0.2, -0.15) is 0 Å². The number of nitrogens with two attached hydrogens (primary N) is 1. The third-order valence-corrected chi connectivity index (χ3v) is 6.17. The van der Waals surface area contributed by atoms with Crippen molar-refractivity contribution in [3.05, 3.63) is 84.1 Å². The summed E-state index contributed by atoms with van der Waals surface area (Å²) in [7, 11) is -4.22. The van der Waals surface area contributed by atoms with E-state index in [1.54, 1.807) is 18.3 Å². The number of fused-ring (bicyclic) bond motifs is 1. The fourth-order valence-corrected chi connectivity index (χ4v) is 4.40. The molecule has 3 aromatic carbocycles. The van der Waals surface area contributed by atoms with Crippen LogP contribution in [0.2, 0.25) is 0 Å². The molecule has 0 unspecified atom stereocenters. The number of hydrogen-bond acceptors (Lipinski definition) is 6. The summed E-state index contributed by atoms with van der Waals surface area (Å²) in [5.41, 5.74) is 2.72. The molecule has 1 aliphatic heterocycles. The standard InChI is InChI=1S/C22H15N5O4S/c23-32(30,31)20-9-7-14(13-4-2-1-3-5-13)11-19(20)27-21(28)16-8-6-15(10-17(16)22(27)29)18-12-24-26-25-18/h1-12H,(H2,23,30,31)(H,24,25,26). The third kappa shape index (κ3) is 3.18. The predicted octanol–water partition coefficient (Wildman–Crippen LogP) is 2.59. The Labute approximate surface area is 182 Å². The number of amides is 2. The van der Waals surface area contributed by atoms with Crippen molar-refractivity contribution in [2.24, 2.45) is 5.14 Å². The van der Waals surface area contributed by atoms with Crippen LogP contribution in [0.25, 0.3) is 22.4 Å². The number of carbonyl (C=O) groups is 2. The average Bonchev–Trinajstić information content (AvgIpc) is 3.41. The van der Waals surface area contributed by atoms with Crippen LogP contribution in [0.4, 0.5) is 5.69 Å². The van der Waals surface area contributed by atoms with Gasteiger partial charge in [-0.05, 0) is 35.4 Å². The topological polar surface area (TPSA) is 139 Å². The first-order valence-electron chi connectivity index (χ1n) is 9.46. The molecule has 10 heteroatoms. The lowest BCUT2D eigenvalue weighted by atomic mass is 10.0. The second-order valence-electron chi connectivity index (χ2n) is 7.16. The van der Waals surface area contributed by atoms with Gasteiger partial charge in [0.1, 0.15) is 10.6 Å². The van der Waals surface area contributed by atoms with E-state index in [1.165, 1.54) is 24.3 Å². The molecular formula is C22H15N5O4S. The highest BCUT2D eigenvalue weighted by Crippen LogP contribution is 2.36. The maximum absolute atomic E-state index is 13.3. The number of hydrogen-bond donors (Lipinski definition) is 2. The number of rotatable bonds is 4. The number of imide groups is 1. The molecule has 5 rings (SSSR count). The van der Waals surface area contributed by atoms with E-state index in [0.29, 0.717) is 16.8 Å². The van der Waals surface area contributed by atoms with Crippen molar-refractivity contribution in [1.82, 2.24) is 15.4 Å². The van der Waals surface area contributed by atoms with Crippen LogP contribution in [-0.4, -0.2) is 35.6 Å². The van der Waals surface area contributed by atoms with Gasteiger partial charge in [-0.15, -0.1) is 5.10 Å². The summed E-state index contributed by atoms with van der Waals surface area (Å²) in [5.74, 6) is -1.28. The van der Waals surface area contributed by atoms with Gasteiger partial charge in [0.05, 0.1) is 16.8 Å². The van der Waals surface area contributed by atoms with E-state index in [9.17, 15) is 18.0 Å². The maximum atomic E-state index is 13.3. The van der Waals surface area contributed by atoms with Crippen LogP contribution in [-0.2, 0) is 10.0 Å². The Morgan fingerprint density at radius 1 is 0.812 bits per heavy atom. The van der Waals surface area contributed by atoms with Crippen molar-refractivity contribution in [2.75, 3.05) is 4.90 Å². The number of aromatic amines is 1. The summed E-state index contributed by atoms with van der Waals surface area (Å²) in [6.45, 7) is 0. The molecule has 9 nitrogen and oxygen atoms in total. The van der Waals surface area contributed by atoms with Crippen LogP contribution in [0.5, 0.6) is 0 Å². The fraction of sp³-hybridized carbons (Fsp3) is 0. The smallest absolute Gasteiger partial charge is 0.266 e. The molecule has 158 valence electrons. The molecule has 4 aromatic rings. The van der Waals surface area contributed by atoms with E-state index in [1.807, 2.05) is 30.3 Å². The minimum absolute atomic E-state index is 0.0944.